The lowest BCUT2D eigenvalue weighted by atomic mass is 10.2. The number of hydrogen-bond donors (Lipinski definition) is 1. The lowest BCUT2D eigenvalue weighted by molar-refractivity contribution is 0.0994. The fourth-order valence-electron chi connectivity index (χ4n) is 2.57. The SMILES string of the molecule is CCCn1c(O)c(N=NC(=O)c2ccc(C)nc2)c2ccccc21. The zero-order chi connectivity index (χ0) is 17.1. The predicted octanol–water partition coefficient (Wildman–Crippen LogP) is 4.38. The summed E-state index contributed by atoms with van der Waals surface area (Å²) in [6.45, 7) is 4.54. The zero-order valence-corrected chi connectivity index (χ0v) is 13.6. The largest absolute Gasteiger partial charge is 0.493 e. The van der Waals surface area contributed by atoms with Crippen molar-refractivity contribution in [1.29, 1.82) is 0 Å². The molecule has 3 aromatic rings. The average molecular weight is 322 g/mol. The summed E-state index contributed by atoms with van der Waals surface area (Å²) in [4.78, 5) is 16.2. The van der Waals surface area contributed by atoms with Crippen LogP contribution in [0.1, 0.15) is 29.4 Å². The van der Waals surface area contributed by atoms with E-state index < -0.39 is 5.91 Å². The molecule has 0 spiro atoms. The number of fused-ring (bicyclic) bond motifs is 1. The van der Waals surface area contributed by atoms with Gasteiger partial charge in [-0.05, 0) is 31.5 Å². The molecule has 24 heavy (non-hydrogen) atoms. The lowest BCUT2D eigenvalue weighted by Crippen LogP contribution is -1.95. The Labute approximate surface area is 139 Å². The van der Waals surface area contributed by atoms with Crippen molar-refractivity contribution in [2.75, 3.05) is 0 Å². The molecule has 0 fully saturated rings. The summed E-state index contributed by atoms with van der Waals surface area (Å²) in [5, 5.41) is 19.0. The van der Waals surface area contributed by atoms with Crippen molar-refractivity contribution in [3.05, 3.63) is 53.9 Å². The monoisotopic (exact) mass is 322 g/mol. The number of nitrogens with zero attached hydrogens (tertiary/aromatic N) is 4. The number of para-hydroxylation sites is 1. The van der Waals surface area contributed by atoms with E-state index in [4.69, 9.17) is 0 Å². The molecule has 0 aliphatic rings. The van der Waals surface area contributed by atoms with Gasteiger partial charge in [0.2, 0.25) is 5.88 Å². The minimum Gasteiger partial charge on any atom is -0.493 e. The molecule has 0 aliphatic heterocycles. The number of aromatic hydroxyl groups is 1. The first-order valence-electron chi connectivity index (χ1n) is 7.80. The molecule has 122 valence electrons. The van der Waals surface area contributed by atoms with Crippen LogP contribution in [0.5, 0.6) is 5.88 Å². The highest BCUT2D eigenvalue weighted by Crippen LogP contribution is 2.38. The summed E-state index contributed by atoms with van der Waals surface area (Å²) in [6, 6.07) is 10.9. The van der Waals surface area contributed by atoms with Crippen molar-refractivity contribution in [2.24, 2.45) is 10.2 Å². The van der Waals surface area contributed by atoms with E-state index in [1.54, 1.807) is 16.7 Å². The van der Waals surface area contributed by atoms with Crippen LogP contribution in [-0.2, 0) is 6.54 Å². The fourth-order valence-corrected chi connectivity index (χ4v) is 2.57. The van der Waals surface area contributed by atoms with Crippen LogP contribution in [0, 0.1) is 6.92 Å². The quantitative estimate of drug-likeness (QED) is 0.724. The van der Waals surface area contributed by atoms with Gasteiger partial charge >= 0.3 is 0 Å². The maximum absolute atomic E-state index is 12.1. The zero-order valence-electron chi connectivity index (χ0n) is 13.6. The highest BCUT2D eigenvalue weighted by atomic mass is 16.3. The molecular formula is C18H18N4O2. The summed E-state index contributed by atoms with van der Waals surface area (Å²) in [6.07, 6.45) is 2.34. The van der Waals surface area contributed by atoms with Crippen molar-refractivity contribution < 1.29 is 9.90 Å². The van der Waals surface area contributed by atoms with E-state index >= 15 is 0 Å². The first-order valence-corrected chi connectivity index (χ1v) is 7.80. The van der Waals surface area contributed by atoms with Crippen LogP contribution < -0.4 is 0 Å². The van der Waals surface area contributed by atoms with Gasteiger partial charge in [0, 0.05) is 23.8 Å². The van der Waals surface area contributed by atoms with Crippen molar-refractivity contribution in [3.63, 3.8) is 0 Å². The number of benzene rings is 1. The molecule has 1 amide bonds. The van der Waals surface area contributed by atoms with E-state index in [1.807, 2.05) is 38.1 Å². The number of carbonyl (C=O) groups is 1. The maximum atomic E-state index is 12.1. The van der Waals surface area contributed by atoms with Crippen LogP contribution in [0.3, 0.4) is 0 Å². The Balaban J connectivity index is 1.99. The molecule has 0 aliphatic carbocycles. The van der Waals surface area contributed by atoms with E-state index in [0.717, 1.165) is 23.0 Å². The lowest BCUT2D eigenvalue weighted by Gasteiger charge is -2.03. The molecule has 3 rings (SSSR count). The van der Waals surface area contributed by atoms with Gasteiger partial charge < -0.3 is 9.67 Å². The number of rotatable bonds is 4. The van der Waals surface area contributed by atoms with Gasteiger partial charge in [-0.1, -0.05) is 25.1 Å². The molecule has 0 saturated heterocycles. The Kier molecular flexibility index (Phi) is 4.37. The van der Waals surface area contributed by atoms with Crippen molar-refractivity contribution in [3.8, 4) is 5.88 Å². The van der Waals surface area contributed by atoms with Gasteiger partial charge in [0.25, 0.3) is 5.91 Å². The standard InChI is InChI=1S/C18H18N4O2/c1-3-10-22-15-7-5-4-6-14(15)16(18(22)24)20-21-17(23)13-9-8-12(2)19-11-13/h4-9,11,24H,3,10H2,1-2H3. The molecule has 0 bridgehead atoms. The van der Waals surface area contributed by atoms with Gasteiger partial charge in [-0.3, -0.25) is 9.78 Å². The second-order valence-electron chi connectivity index (χ2n) is 5.53. The fraction of sp³-hybridized carbons (Fsp3) is 0.222. The van der Waals surface area contributed by atoms with Crippen LogP contribution in [-0.4, -0.2) is 20.6 Å². The third kappa shape index (κ3) is 2.90. The Hall–Kier alpha value is -3.02. The van der Waals surface area contributed by atoms with Crippen LogP contribution >= 0.6 is 0 Å². The van der Waals surface area contributed by atoms with Crippen molar-refractivity contribution >= 4 is 22.5 Å². The summed E-state index contributed by atoms with van der Waals surface area (Å²) >= 11 is 0. The minimum atomic E-state index is -0.491. The molecule has 6 nitrogen and oxygen atoms in total. The van der Waals surface area contributed by atoms with Gasteiger partial charge in [0.05, 0.1) is 11.1 Å². The number of amides is 1. The maximum Gasteiger partial charge on any atom is 0.296 e. The molecule has 6 heteroatoms. The predicted molar refractivity (Wildman–Crippen MR) is 91.7 cm³/mol. The molecule has 1 N–H and O–H groups in total. The normalized spacial score (nSPS) is 11.4. The highest BCUT2D eigenvalue weighted by molar-refractivity contribution is 5.97. The van der Waals surface area contributed by atoms with Crippen LogP contribution in [0.4, 0.5) is 5.69 Å². The second-order valence-corrected chi connectivity index (χ2v) is 5.53. The molecule has 0 saturated carbocycles. The third-order valence-electron chi connectivity index (χ3n) is 3.76. The first-order chi connectivity index (χ1) is 11.6. The Morgan fingerprint density at radius 2 is 2.04 bits per heavy atom. The van der Waals surface area contributed by atoms with E-state index in [1.165, 1.54) is 6.20 Å². The van der Waals surface area contributed by atoms with Gasteiger partial charge in [0.1, 0.15) is 0 Å². The van der Waals surface area contributed by atoms with Crippen LogP contribution in [0.15, 0.2) is 52.8 Å². The molecule has 2 heterocycles. The van der Waals surface area contributed by atoms with Gasteiger partial charge in [0.15, 0.2) is 5.69 Å². The number of hydrogen-bond acceptors (Lipinski definition) is 4. The number of aromatic nitrogens is 2. The number of azo groups is 1. The van der Waals surface area contributed by atoms with Crippen molar-refractivity contribution in [1.82, 2.24) is 9.55 Å². The minimum absolute atomic E-state index is 0.0247. The molecule has 0 radical (unpaired) electrons. The third-order valence-corrected chi connectivity index (χ3v) is 3.76. The second kappa shape index (κ2) is 6.62. The Bertz CT molecular complexity index is 911. The first kappa shape index (κ1) is 15.9. The number of pyridine rings is 1. The summed E-state index contributed by atoms with van der Waals surface area (Å²) < 4.78 is 1.78. The molecule has 2 aromatic heterocycles. The summed E-state index contributed by atoms with van der Waals surface area (Å²) in [5.74, 6) is -0.467. The van der Waals surface area contributed by atoms with Crippen molar-refractivity contribution in [2.45, 2.75) is 26.8 Å². The molecular weight excluding hydrogens is 304 g/mol. The van der Waals surface area contributed by atoms with Crippen LogP contribution in [0.25, 0.3) is 10.9 Å². The van der Waals surface area contributed by atoms with Crippen LogP contribution in [0.2, 0.25) is 0 Å². The smallest absolute Gasteiger partial charge is 0.296 e. The summed E-state index contributed by atoms with van der Waals surface area (Å²) in [7, 11) is 0. The van der Waals surface area contributed by atoms with Gasteiger partial charge in [-0.15, -0.1) is 10.2 Å². The van der Waals surface area contributed by atoms with E-state index in [9.17, 15) is 9.90 Å². The topological polar surface area (TPSA) is 79.8 Å². The highest BCUT2D eigenvalue weighted by Gasteiger charge is 2.16. The molecule has 0 atom stereocenters. The van der Waals surface area contributed by atoms with E-state index in [-0.39, 0.29) is 5.88 Å². The van der Waals surface area contributed by atoms with Gasteiger partial charge in [-0.25, -0.2) is 0 Å². The van der Waals surface area contributed by atoms with Gasteiger partial charge in [-0.2, -0.15) is 0 Å². The molecule has 1 aromatic carbocycles. The van der Waals surface area contributed by atoms with E-state index in [0.29, 0.717) is 17.8 Å². The van der Waals surface area contributed by atoms with E-state index in [2.05, 4.69) is 15.2 Å². The Morgan fingerprint density at radius 3 is 2.75 bits per heavy atom. The molecule has 0 unspecified atom stereocenters. The number of aryl methyl sites for hydroxylation is 2. The average Bonchev–Trinajstić information content (AvgIpc) is 2.86. The summed E-state index contributed by atoms with van der Waals surface area (Å²) in [5.41, 5.74) is 2.37. The Morgan fingerprint density at radius 1 is 1.25 bits per heavy atom. The number of carbonyl (C=O) groups excluding carboxylic acids is 1.